The number of allylic oxidation sites excluding steroid dienone is 1. The van der Waals surface area contributed by atoms with Crippen molar-refractivity contribution in [3.05, 3.63) is 71.2 Å². The molecular formula is C17H15ClN6. The molecule has 3 heterocycles. The number of halogens is 1. The third-order valence-electron chi connectivity index (χ3n) is 3.68. The molecule has 2 N–H and O–H groups in total. The molecule has 0 aliphatic carbocycles. The van der Waals surface area contributed by atoms with Crippen LogP contribution in [0.2, 0.25) is 5.15 Å². The number of rotatable bonds is 3. The fourth-order valence-corrected chi connectivity index (χ4v) is 2.62. The van der Waals surface area contributed by atoms with Gasteiger partial charge < -0.3 is 0 Å². The van der Waals surface area contributed by atoms with Gasteiger partial charge in [0, 0.05) is 23.9 Å². The molecule has 24 heavy (non-hydrogen) atoms. The van der Waals surface area contributed by atoms with E-state index >= 15 is 0 Å². The van der Waals surface area contributed by atoms with Gasteiger partial charge in [0.05, 0.1) is 5.69 Å². The highest BCUT2D eigenvalue weighted by Crippen LogP contribution is 2.24. The molecule has 0 aromatic carbocycles. The zero-order chi connectivity index (χ0) is 17.3. The highest BCUT2D eigenvalue weighted by molar-refractivity contribution is 6.30. The first kappa shape index (κ1) is 16.0. The lowest BCUT2D eigenvalue weighted by atomic mass is 10.1. The van der Waals surface area contributed by atoms with Crippen LogP contribution in [0.5, 0.6) is 0 Å². The van der Waals surface area contributed by atoms with Crippen molar-refractivity contribution in [1.82, 2.24) is 19.5 Å². The van der Waals surface area contributed by atoms with Crippen LogP contribution in [0.3, 0.4) is 0 Å². The van der Waals surface area contributed by atoms with E-state index in [4.69, 9.17) is 22.4 Å². The van der Waals surface area contributed by atoms with Crippen LogP contribution in [0.25, 0.3) is 11.2 Å². The van der Waals surface area contributed by atoms with E-state index < -0.39 is 0 Å². The minimum atomic E-state index is -0.0928. The Kier molecular flexibility index (Phi) is 4.22. The van der Waals surface area contributed by atoms with Gasteiger partial charge in [0.2, 0.25) is 0 Å². The molecule has 0 saturated heterocycles. The van der Waals surface area contributed by atoms with Crippen LogP contribution in [0.1, 0.15) is 24.1 Å². The molecule has 0 bridgehead atoms. The quantitative estimate of drug-likeness (QED) is 0.436. The molecular weight excluding hydrogens is 324 g/mol. The van der Waals surface area contributed by atoms with Gasteiger partial charge in [-0.2, -0.15) is 0 Å². The van der Waals surface area contributed by atoms with E-state index in [2.05, 4.69) is 21.5 Å². The molecule has 0 saturated carbocycles. The van der Waals surface area contributed by atoms with Crippen molar-refractivity contribution in [2.75, 3.05) is 0 Å². The first-order valence-electron chi connectivity index (χ1n) is 7.28. The lowest BCUT2D eigenvalue weighted by Gasteiger charge is -2.14. The molecule has 1 unspecified atom stereocenters. The first-order valence-corrected chi connectivity index (χ1v) is 7.66. The van der Waals surface area contributed by atoms with Gasteiger partial charge in [-0.1, -0.05) is 24.6 Å². The van der Waals surface area contributed by atoms with E-state index in [1.165, 1.54) is 4.57 Å². The summed E-state index contributed by atoms with van der Waals surface area (Å²) in [5.41, 5.74) is 2.20. The predicted octanol–water partition coefficient (Wildman–Crippen LogP) is 3.12. The fraction of sp³-hybridized carbons (Fsp3) is 0.118. The standard InChI is InChI=1S/C17H15ClN6/c1-3-10(2)14-15(18)22-12-6-7-13(19)24(17(12)23-14)16(20)11-5-4-8-21-9-11/h3-10,19-20H,1H2,2H3. The average Bonchev–Trinajstić information content (AvgIpc) is 2.61. The number of hydrogen-bond acceptors (Lipinski definition) is 5. The van der Waals surface area contributed by atoms with Crippen LogP contribution in [0.15, 0.2) is 49.3 Å². The summed E-state index contributed by atoms with van der Waals surface area (Å²) in [6, 6.07) is 6.74. The van der Waals surface area contributed by atoms with Crippen LogP contribution in [-0.2, 0) is 0 Å². The molecule has 3 aromatic rings. The van der Waals surface area contributed by atoms with Crippen LogP contribution in [0, 0.1) is 10.8 Å². The van der Waals surface area contributed by atoms with Crippen LogP contribution < -0.4 is 5.49 Å². The van der Waals surface area contributed by atoms with Crippen LogP contribution >= 0.6 is 11.6 Å². The number of hydrogen-bond donors (Lipinski definition) is 2. The van der Waals surface area contributed by atoms with E-state index in [1.807, 2.05) is 6.92 Å². The van der Waals surface area contributed by atoms with E-state index in [9.17, 15) is 0 Å². The first-order chi connectivity index (χ1) is 11.5. The van der Waals surface area contributed by atoms with Crippen molar-refractivity contribution in [2.24, 2.45) is 0 Å². The van der Waals surface area contributed by atoms with Crippen LogP contribution in [0.4, 0.5) is 0 Å². The molecule has 0 aliphatic heterocycles. The van der Waals surface area contributed by atoms with Crippen molar-refractivity contribution in [1.29, 1.82) is 10.8 Å². The summed E-state index contributed by atoms with van der Waals surface area (Å²) in [6.45, 7) is 5.67. The van der Waals surface area contributed by atoms with Gasteiger partial charge in [0.1, 0.15) is 16.8 Å². The number of fused-ring (bicyclic) bond motifs is 1. The number of nitrogens with zero attached hydrogens (tertiary/aromatic N) is 4. The van der Waals surface area contributed by atoms with E-state index in [0.717, 1.165) is 0 Å². The average molecular weight is 339 g/mol. The second kappa shape index (κ2) is 6.33. The summed E-state index contributed by atoms with van der Waals surface area (Å²) >= 11 is 6.22. The zero-order valence-electron chi connectivity index (χ0n) is 13.0. The summed E-state index contributed by atoms with van der Waals surface area (Å²) in [6.07, 6.45) is 4.93. The summed E-state index contributed by atoms with van der Waals surface area (Å²) in [5.74, 6) is 0.0114. The Morgan fingerprint density at radius 3 is 2.79 bits per heavy atom. The summed E-state index contributed by atoms with van der Waals surface area (Å²) in [7, 11) is 0. The topological polar surface area (TPSA) is 91.3 Å². The smallest absolute Gasteiger partial charge is 0.166 e. The normalized spacial score (nSPS) is 12.1. The molecule has 0 amide bonds. The molecule has 3 aromatic heterocycles. The van der Waals surface area contributed by atoms with Gasteiger partial charge >= 0.3 is 0 Å². The Hall–Kier alpha value is -2.86. The maximum Gasteiger partial charge on any atom is 0.166 e. The van der Waals surface area contributed by atoms with Gasteiger partial charge in [-0.15, -0.1) is 6.58 Å². The number of nitrogens with one attached hydrogen (secondary N) is 2. The third kappa shape index (κ3) is 2.72. The van der Waals surface area contributed by atoms with Crippen molar-refractivity contribution < 1.29 is 0 Å². The second-order valence-corrected chi connectivity index (χ2v) is 5.64. The lowest BCUT2D eigenvalue weighted by molar-refractivity contribution is 0.887. The SMILES string of the molecule is C=CC(C)c1nc2c(ccc(=N)n2C(=N)c2cccnc2)nc1Cl. The van der Waals surface area contributed by atoms with Gasteiger partial charge in [0.15, 0.2) is 10.8 Å². The molecule has 1 atom stereocenters. The summed E-state index contributed by atoms with van der Waals surface area (Å²) in [5, 5.41) is 16.9. The van der Waals surface area contributed by atoms with Crippen molar-refractivity contribution in [2.45, 2.75) is 12.8 Å². The minimum Gasteiger partial charge on any atom is -0.284 e. The molecule has 0 fully saturated rings. The van der Waals surface area contributed by atoms with Crippen molar-refractivity contribution in [3.8, 4) is 0 Å². The molecule has 0 aliphatic rings. The monoisotopic (exact) mass is 338 g/mol. The van der Waals surface area contributed by atoms with Gasteiger partial charge in [-0.05, 0) is 24.3 Å². The summed E-state index contributed by atoms with van der Waals surface area (Å²) < 4.78 is 1.43. The zero-order valence-corrected chi connectivity index (χ0v) is 13.7. The second-order valence-electron chi connectivity index (χ2n) is 5.28. The molecule has 3 rings (SSSR count). The molecule has 0 spiro atoms. The summed E-state index contributed by atoms with van der Waals surface area (Å²) in [4.78, 5) is 13.0. The van der Waals surface area contributed by atoms with E-state index in [1.54, 1.807) is 42.7 Å². The maximum atomic E-state index is 8.45. The lowest BCUT2D eigenvalue weighted by Crippen LogP contribution is -2.28. The number of aromatic nitrogens is 4. The molecule has 7 heteroatoms. The third-order valence-corrected chi connectivity index (χ3v) is 3.96. The van der Waals surface area contributed by atoms with Crippen molar-refractivity contribution in [3.63, 3.8) is 0 Å². The maximum absolute atomic E-state index is 8.45. The van der Waals surface area contributed by atoms with E-state index in [0.29, 0.717) is 27.6 Å². The van der Waals surface area contributed by atoms with Crippen LogP contribution in [-0.4, -0.2) is 25.4 Å². The fourth-order valence-electron chi connectivity index (χ4n) is 2.31. The minimum absolute atomic E-state index is 0.0928. The Labute approximate surface area is 143 Å². The predicted molar refractivity (Wildman–Crippen MR) is 93.5 cm³/mol. The number of pyridine rings is 2. The highest BCUT2D eigenvalue weighted by atomic mass is 35.5. The Morgan fingerprint density at radius 1 is 1.33 bits per heavy atom. The molecule has 120 valence electrons. The molecule has 0 radical (unpaired) electrons. The molecule has 6 nitrogen and oxygen atoms in total. The van der Waals surface area contributed by atoms with Gasteiger partial charge in [-0.25, -0.2) is 9.97 Å². The largest absolute Gasteiger partial charge is 0.284 e. The van der Waals surface area contributed by atoms with E-state index in [-0.39, 0.29) is 17.2 Å². The Balaban J connectivity index is 2.31. The Morgan fingerprint density at radius 2 is 2.12 bits per heavy atom. The Bertz CT molecular complexity index is 993. The highest BCUT2D eigenvalue weighted by Gasteiger charge is 2.16. The van der Waals surface area contributed by atoms with Gasteiger partial charge in [-0.3, -0.25) is 20.4 Å². The van der Waals surface area contributed by atoms with Crippen molar-refractivity contribution >= 4 is 28.6 Å². The van der Waals surface area contributed by atoms with Gasteiger partial charge in [0.25, 0.3) is 0 Å².